The van der Waals surface area contributed by atoms with E-state index in [-0.39, 0.29) is 11.8 Å². The first-order valence-corrected chi connectivity index (χ1v) is 10.5. The molecule has 4 aromatic rings. The highest BCUT2D eigenvalue weighted by atomic mass is 32.1. The van der Waals surface area contributed by atoms with Crippen LogP contribution in [0.1, 0.15) is 35.7 Å². The van der Waals surface area contributed by atoms with Crippen molar-refractivity contribution in [3.8, 4) is 17.3 Å². The van der Waals surface area contributed by atoms with Crippen LogP contribution in [-0.4, -0.2) is 31.6 Å². The normalized spacial score (nSPS) is 10.8. The molecular weight excluding hydrogens is 416 g/mol. The Labute approximate surface area is 182 Å². The van der Waals surface area contributed by atoms with Gasteiger partial charge in [0.2, 0.25) is 5.91 Å². The third-order valence-corrected chi connectivity index (χ3v) is 5.22. The maximum absolute atomic E-state index is 12.9. The molecule has 0 aliphatic rings. The third kappa shape index (κ3) is 4.53. The Balaban J connectivity index is 1.49. The number of furan rings is 1. The molecule has 0 bridgehead atoms. The van der Waals surface area contributed by atoms with Gasteiger partial charge in [-0.2, -0.15) is 5.10 Å². The number of amides is 2. The Hall–Kier alpha value is -3.79. The molecule has 0 fully saturated rings. The summed E-state index contributed by atoms with van der Waals surface area (Å²) in [7, 11) is 0. The Morgan fingerprint density at radius 1 is 1.23 bits per heavy atom. The van der Waals surface area contributed by atoms with Gasteiger partial charge in [-0.25, -0.2) is 14.6 Å². The SMILES string of the molecule is CCc1c(C(=O)Nc2nc(-c3ccc(CNC(C)=O)o3)cs2)cnn1-c1ccccn1. The molecule has 2 amide bonds. The number of anilines is 1. The van der Waals surface area contributed by atoms with Crippen molar-refractivity contribution in [2.24, 2.45) is 0 Å². The van der Waals surface area contributed by atoms with E-state index in [1.165, 1.54) is 24.5 Å². The fraction of sp³-hybridized carbons (Fsp3) is 0.190. The minimum Gasteiger partial charge on any atom is -0.458 e. The van der Waals surface area contributed by atoms with E-state index in [4.69, 9.17) is 4.42 Å². The summed E-state index contributed by atoms with van der Waals surface area (Å²) in [4.78, 5) is 32.6. The molecule has 0 aromatic carbocycles. The summed E-state index contributed by atoms with van der Waals surface area (Å²) in [6.07, 6.45) is 3.84. The van der Waals surface area contributed by atoms with Crippen LogP contribution in [0.15, 0.2) is 52.5 Å². The van der Waals surface area contributed by atoms with Crippen molar-refractivity contribution in [1.82, 2.24) is 25.1 Å². The van der Waals surface area contributed by atoms with Gasteiger partial charge in [0, 0.05) is 18.5 Å². The first-order chi connectivity index (χ1) is 15.0. The Kier molecular flexibility index (Phi) is 5.89. The molecule has 0 atom stereocenters. The fourth-order valence-electron chi connectivity index (χ4n) is 3.01. The number of carbonyl (C=O) groups is 2. The molecule has 0 saturated heterocycles. The second-order valence-corrected chi connectivity index (χ2v) is 7.48. The van der Waals surface area contributed by atoms with Crippen molar-refractivity contribution in [1.29, 1.82) is 0 Å². The van der Waals surface area contributed by atoms with Gasteiger partial charge in [0.25, 0.3) is 5.91 Å². The molecule has 4 rings (SSSR count). The molecule has 0 aliphatic heterocycles. The largest absolute Gasteiger partial charge is 0.458 e. The lowest BCUT2D eigenvalue weighted by atomic mass is 10.2. The summed E-state index contributed by atoms with van der Waals surface area (Å²) in [6.45, 7) is 3.72. The van der Waals surface area contributed by atoms with Gasteiger partial charge in [-0.05, 0) is 30.7 Å². The molecule has 0 spiro atoms. The van der Waals surface area contributed by atoms with Gasteiger partial charge in [0.05, 0.1) is 24.0 Å². The van der Waals surface area contributed by atoms with Crippen molar-refractivity contribution in [2.75, 3.05) is 5.32 Å². The summed E-state index contributed by atoms with van der Waals surface area (Å²) in [5.41, 5.74) is 1.84. The van der Waals surface area contributed by atoms with Crippen molar-refractivity contribution in [3.63, 3.8) is 0 Å². The molecule has 4 aromatic heterocycles. The van der Waals surface area contributed by atoms with E-state index < -0.39 is 0 Å². The highest BCUT2D eigenvalue weighted by Gasteiger charge is 2.19. The van der Waals surface area contributed by atoms with Crippen LogP contribution in [0.4, 0.5) is 5.13 Å². The average molecular weight is 436 g/mol. The number of thiazole rings is 1. The first kappa shape index (κ1) is 20.5. The Morgan fingerprint density at radius 3 is 2.84 bits per heavy atom. The lowest BCUT2D eigenvalue weighted by Gasteiger charge is -2.06. The molecule has 158 valence electrons. The van der Waals surface area contributed by atoms with Gasteiger partial charge >= 0.3 is 0 Å². The molecule has 0 saturated carbocycles. The lowest BCUT2D eigenvalue weighted by molar-refractivity contribution is -0.119. The van der Waals surface area contributed by atoms with Gasteiger partial charge in [0.1, 0.15) is 11.5 Å². The Morgan fingerprint density at radius 2 is 2.10 bits per heavy atom. The van der Waals surface area contributed by atoms with E-state index in [0.717, 1.165) is 5.69 Å². The zero-order chi connectivity index (χ0) is 21.8. The van der Waals surface area contributed by atoms with Crippen molar-refractivity contribution >= 4 is 28.3 Å². The van der Waals surface area contributed by atoms with E-state index >= 15 is 0 Å². The fourth-order valence-corrected chi connectivity index (χ4v) is 3.71. The van der Waals surface area contributed by atoms with Gasteiger partial charge in [0.15, 0.2) is 16.7 Å². The van der Waals surface area contributed by atoms with Crippen LogP contribution in [-0.2, 0) is 17.8 Å². The van der Waals surface area contributed by atoms with Crippen molar-refractivity contribution in [2.45, 2.75) is 26.8 Å². The first-order valence-electron chi connectivity index (χ1n) is 9.64. The summed E-state index contributed by atoms with van der Waals surface area (Å²) < 4.78 is 7.38. The number of nitrogens with one attached hydrogen (secondary N) is 2. The zero-order valence-corrected chi connectivity index (χ0v) is 17.8. The van der Waals surface area contributed by atoms with Crippen molar-refractivity contribution in [3.05, 3.63) is 65.1 Å². The highest BCUT2D eigenvalue weighted by molar-refractivity contribution is 7.14. The second-order valence-electron chi connectivity index (χ2n) is 6.63. The molecule has 0 unspecified atom stereocenters. The monoisotopic (exact) mass is 436 g/mol. The molecule has 4 heterocycles. The average Bonchev–Trinajstić information content (AvgIpc) is 3.51. The van der Waals surface area contributed by atoms with Gasteiger partial charge < -0.3 is 9.73 Å². The molecule has 0 aliphatic carbocycles. The molecule has 31 heavy (non-hydrogen) atoms. The summed E-state index contributed by atoms with van der Waals surface area (Å²) in [5, 5.41) is 12.1. The smallest absolute Gasteiger partial charge is 0.260 e. The summed E-state index contributed by atoms with van der Waals surface area (Å²) >= 11 is 1.30. The second kappa shape index (κ2) is 8.92. The standard InChI is InChI=1S/C21H20N6O3S/c1-3-17-15(11-24-27(17)19-6-4-5-9-22-19)20(29)26-21-25-16(12-31-21)18-8-7-14(30-18)10-23-13(2)28/h4-9,11-12H,3,10H2,1-2H3,(H,23,28)(H,25,26,29). The lowest BCUT2D eigenvalue weighted by Crippen LogP contribution is -2.18. The highest BCUT2D eigenvalue weighted by Crippen LogP contribution is 2.27. The predicted molar refractivity (Wildman–Crippen MR) is 116 cm³/mol. The Bertz CT molecular complexity index is 1210. The number of aromatic nitrogens is 4. The number of hydrogen-bond donors (Lipinski definition) is 2. The number of carbonyl (C=O) groups excluding carboxylic acids is 2. The van der Waals surface area contributed by atoms with Gasteiger partial charge in [-0.1, -0.05) is 13.0 Å². The maximum Gasteiger partial charge on any atom is 0.260 e. The van der Waals surface area contributed by atoms with Crippen LogP contribution in [0, 0.1) is 0 Å². The predicted octanol–water partition coefficient (Wildman–Crippen LogP) is 3.43. The van der Waals surface area contributed by atoms with Crippen LogP contribution in [0.5, 0.6) is 0 Å². The van der Waals surface area contributed by atoms with Gasteiger partial charge in [-0.3, -0.25) is 14.9 Å². The van der Waals surface area contributed by atoms with E-state index in [0.29, 0.717) is 46.7 Å². The zero-order valence-electron chi connectivity index (χ0n) is 17.0. The topological polar surface area (TPSA) is 115 Å². The van der Waals surface area contributed by atoms with Crippen LogP contribution < -0.4 is 10.6 Å². The quantitative estimate of drug-likeness (QED) is 0.459. The molecular formula is C21H20N6O3S. The van der Waals surface area contributed by atoms with E-state index in [1.54, 1.807) is 28.4 Å². The van der Waals surface area contributed by atoms with Crippen molar-refractivity contribution < 1.29 is 14.0 Å². The van der Waals surface area contributed by atoms with Crippen LogP contribution in [0.2, 0.25) is 0 Å². The number of pyridine rings is 1. The molecule has 10 heteroatoms. The number of nitrogens with zero attached hydrogens (tertiary/aromatic N) is 4. The maximum atomic E-state index is 12.9. The minimum atomic E-state index is -0.286. The van der Waals surface area contributed by atoms with E-state index in [2.05, 4.69) is 25.7 Å². The number of rotatable bonds is 7. The van der Waals surface area contributed by atoms with Crippen LogP contribution in [0.25, 0.3) is 17.3 Å². The van der Waals surface area contributed by atoms with Gasteiger partial charge in [-0.15, -0.1) is 11.3 Å². The van der Waals surface area contributed by atoms with Crippen LogP contribution >= 0.6 is 11.3 Å². The molecule has 2 N–H and O–H groups in total. The third-order valence-electron chi connectivity index (χ3n) is 4.46. The molecule has 9 nitrogen and oxygen atoms in total. The summed E-state index contributed by atoms with van der Waals surface area (Å²) in [6, 6.07) is 9.10. The van der Waals surface area contributed by atoms with E-state index in [1.807, 2.05) is 25.1 Å². The van der Waals surface area contributed by atoms with E-state index in [9.17, 15) is 9.59 Å². The molecule has 0 radical (unpaired) electrons. The minimum absolute atomic E-state index is 0.130. The summed E-state index contributed by atoms with van der Waals surface area (Å²) in [5.74, 6) is 1.43. The number of hydrogen-bond acceptors (Lipinski definition) is 7. The van der Waals surface area contributed by atoms with Crippen LogP contribution in [0.3, 0.4) is 0 Å².